The van der Waals surface area contributed by atoms with Crippen LogP contribution in [0.15, 0.2) is 41.0 Å². The number of nitrogens with zero attached hydrogens (tertiary/aromatic N) is 1. The molecule has 0 aliphatic carbocycles. The summed E-state index contributed by atoms with van der Waals surface area (Å²) in [4.78, 5) is 15.7. The summed E-state index contributed by atoms with van der Waals surface area (Å²) in [6.45, 7) is 0. The number of carbonyl (C=O) groups is 1. The van der Waals surface area contributed by atoms with Gasteiger partial charge in [-0.15, -0.1) is 0 Å². The number of hydrogen-bond acceptors (Lipinski definition) is 2. The highest BCUT2D eigenvalue weighted by molar-refractivity contribution is 9.10. The van der Waals surface area contributed by atoms with Crippen LogP contribution in [0.1, 0.15) is 10.5 Å². The van der Waals surface area contributed by atoms with Crippen LogP contribution in [0.3, 0.4) is 0 Å². The van der Waals surface area contributed by atoms with Crippen LogP contribution in [-0.2, 0) is 0 Å². The van der Waals surface area contributed by atoms with Crippen molar-refractivity contribution in [3.05, 3.63) is 57.5 Å². The van der Waals surface area contributed by atoms with Crippen LogP contribution in [0.5, 0.6) is 0 Å². The van der Waals surface area contributed by atoms with Crippen molar-refractivity contribution in [2.75, 3.05) is 5.32 Å². The molecule has 0 radical (unpaired) electrons. The zero-order valence-electron chi connectivity index (χ0n) is 8.95. The van der Waals surface area contributed by atoms with E-state index in [2.05, 4.69) is 26.2 Å². The van der Waals surface area contributed by atoms with Gasteiger partial charge in [0.05, 0.1) is 5.69 Å². The molecule has 0 saturated heterocycles. The van der Waals surface area contributed by atoms with Crippen LogP contribution in [-0.4, -0.2) is 10.9 Å². The normalized spacial score (nSPS) is 10.2. The summed E-state index contributed by atoms with van der Waals surface area (Å²) in [7, 11) is 0. The van der Waals surface area contributed by atoms with Crippen molar-refractivity contribution < 1.29 is 9.18 Å². The average Bonchev–Trinajstić information content (AvgIpc) is 2.34. The lowest BCUT2D eigenvalue weighted by molar-refractivity contribution is 0.102. The topological polar surface area (TPSA) is 42.0 Å². The maximum Gasteiger partial charge on any atom is 0.274 e. The van der Waals surface area contributed by atoms with Gasteiger partial charge in [0, 0.05) is 15.7 Å². The quantitative estimate of drug-likeness (QED) is 0.908. The Bertz CT molecular complexity index is 606. The summed E-state index contributed by atoms with van der Waals surface area (Å²) in [5.74, 6) is -0.892. The van der Waals surface area contributed by atoms with E-state index in [9.17, 15) is 9.18 Å². The van der Waals surface area contributed by atoms with E-state index < -0.39 is 11.7 Å². The highest BCUT2D eigenvalue weighted by Crippen LogP contribution is 2.23. The standard InChI is InChI=1S/C12H7BrClFN2O/c13-9-2-1-8(15)6-10(9)17-12(18)11-5-7(14)3-4-16-11/h1-6H,(H,17,18). The molecule has 0 fully saturated rings. The second-order valence-corrected chi connectivity index (χ2v) is 4.73. The number of benzene rings is 1. The Morgan fingerprint density at radius 3 is 2.83 bits per heavy atom. The molecule has 0 spiro atoms. The van der Waals surface area contributed by atoms with Gasteiger partial charge in [-0.25, -0.2) is 4.39 Å². The molecule has 3 nitrogen and oxygen atoms in total. The number of halogens is 3. The number of rotatable bonds is 2. The number of hydrogen-bond donors (Lipinski definition) is 1. The van der Waals surface area contributed by atoms with E-state index in [1.807, 2.05) is 0 Å². The van der Waals surface area contributed by atoms with Gasteiger partial charge in [-0.05, 0) is 46.3 Å². The molecule has 2 aromatic rings. The van der Waals surface area contributed by atoms with Gasteiger partial charge >= 0.3 is 0 Å². The summed E-state index contributed by atoms with van der Waals surface area (Å²) in [6, 6.07) is 7.01. The predicted molar refractivity (Wildman–Crippen MR) is 71.3 cm³/mol. The smallest absolute Gasteiger partial charge is 0.274 e. The van der Waals surface area contributed by atoms with E-state index in [0.717, 1.165) is 0 Å². The Hall–Kier alpha value is -1.46. The van der Waals surface area contributed by atoms with E-state index in [1.54, 1.807) is 6.07 Å². The fourth-order valence-corrected chi connectivity index (χ4v) is 1.81. The van der Waals surface area contributed by atoms with Gasteiger partial charge in [0.25, 0.3) is 5.91 Å². The van der Waals surface area contributed by atoms with Crippen molar-refractivity contribution >= 4 is 39.1 Å². The molecule has 2 rings (SSSR count). The van der Waals surface area contributed by atoms with E-state index in [4.69, 9.17) is 11.6 Å². The van der Waals surface area contributed by atoms with Crippen molar-refractivity contribution in [3.63, 3.8) is 0 Å². The Labute approximate surface area is 116 Å². The van der Waals surface area contributed by atoms with Crippen LogP contribution in [0.4, 0.5) is 10.1 Å². The maximum absolute atomic E-state index is 13.1. The SMILES string of the molecule is O=C(Nc1cc(F)ccc1Br)c1cc(Cl)ccn1. The molecule has 0 bridgehead atoms. The van der Waals surface area contributed by atoms with Crippen molar-refractivity contribution in [3.8, 4) is 0 Å². The molecular formula is C12H7BrClFN2O. The van der Waals surface area contributed by atoms with Gasteiger partial charge in [0.15, 0.2) is 0 Å². The summed E-state index contributed by atoms with van der Waals surface area (Å²) in [5, 5.41) is 2.96. The highest BCUT2D eigenvalue weighted by atomic mass is 79.9. The molecule has 6 heteroatoms. The zero-order chi connectivity index (χ0) is 13.1. The first-order valence-corrected chi connectivity index (χ1v) is 6.11. The summed E-state index contributed by atoms with van der Waals surface area (Å²) >= 11 is 8.98. The molecule has 1 amide bonds. The minimum Gasteiger partial charge on any atom is -0.320 e. The van der Waals surface area contributed by atoms with Crippen LogP contribution in [0.25, 0.3) is 0 Å². The third-order valence-corrected chi connectivity index (χ3v) is 3.06. The van der Waals surface area contributed by atoms with Gasteiger partial charge in [-0.2, -0.15) is 0 Å². The van der Waals surface area contributed by atoms with E-state index in [1.165, 1.54) is 30.5 Å². The molecule has 0 unspecified atom stereocenters. The molecule has 18 heavy (non-hydrogen) atoms. The van der Waals surface area contributed by atoms with Crippen molar-refractivity contribution in [1.82, 2.24) is 4.98 Å². The third kappa shape index (κ3) is 3.05. The largest absolute Gasteiger partial charge is 0.320 e. The van der Waals surface area contributed by atoms with Gasteiger partial charge in [0.1, 0.15) is 11.5 Å². The van der Waals surface area contributed by atoms with Crippen molar-refractivity contribution in [1.29, 1.82) is 0 Å². The number of carbonyl (C=O) groups excluding carboxylic acids is 1. The van der Waals surface area contributed by atoms with Crippen LogP contribution < -0.4 is 5.32 Å². The molecule has 0 aliphatic rings. The molecule has 1 heterocycles. The molecule has 92 valence electrons. The molecule has 1 aromatic heterocycles. The van der Waals surface area contributed by atoms with E-state index >= 15 is 0 Å². The number of aromatic nitrogens is 1. The molecular weight excluding hydrogens is 323 g/mol. The third-order valence-electron chi connectivity index (χ3n) is 2.13. The first-order valence-electron chi connectivity index (χ1n) is 4.94. The molecule has 0 saturated carbocycles. The van der Waals surface area contributed by atoms with Crippen molar-refractivity contribution in [2.45, 2.75) is 0 Å². The highest BCUT2D eigenvalue weighted by Gasteiger charge is 2.10. The second-order valence-electron chi connectivity index (χ2n) is 3.44. The summed E-state index contributed by atoms with van der Waals surface area (Å²) < 4.78 is 13.6. The van der Waals surface area contributed by atoms with E-state index in [0.29, 0.717) is 15.2 Å². The Morgan fingerprint density at radius 1 is 1.33 bits per heavy atom. The lowest BCUT2D eigenvalue weighted by atomic mass is 10.3. The lowest BCUT2D eigenvalue weighted by Crippen LogP contribution is -2.14. The fourth-order valence-electron chi connectivity index (χ4n) is 1.31. The van der Waals surface area contributed by atoms with Crippen LogP contribution in [0, 0.1) is 5.82 Å². The van der Waals surface area contributed by atoms with E-state index in [-0.39, 0.29) is 5.69 Å². The van der Waals surface area contributed by atoms with Crippen molar-refractivity contribution in [2.24, 2.45) is 0 Å². The molecule has 1 N–H and O–H groups in total. The lowest BCUT2D eigenvalue weighted by Gasteiger charge is -2.07. The Morgan fingerprint density at radius 2 is 2.11 bits per heavy atom. The zero-order valence-corrected chi connectivity index (χ0v) is 11.3. The fraction of sp³-hybridized carbons (Fsp3) is 0. The maximum atomic E-state index is 13.1. The first kappa shape index (κ1) is 13.0. The molecule has 0 atom stereocenters. The molecule has 0 aliphatic heterocycles. The summed E-state index contributed by atoms with van der Waals surface area (Å²) in [6.07, 6.45) is 1.43. The first-order chi connectivity index (χ1) is 8.56. The summed E-state index contributed by atoms with van der Waals surface area (Å²) in [5.41, 5.74) is 0.500. The number of amides is 1. The number of anilines is 1. The van der Waals surface area contributed by atoms with Gasteiger partial charge in [0.2, 0.25) is 0 Å². The molecule has 1 aromatic carbocycles. The minimum atomic E-state index is -0.455. The predicted octanol–water partition coefficient (Wildman–Crippen LogP) is 3.89. The van der Waals surface area contributed by atoms with Crippen LogP contribution >= 0.6 is 27.5 Å². The Kier molecular flexibility index (Phi) is 3.93. The average molecular weight is 330 g/mol. The van der Waals surface area contributed by atoms with Crippen LogP contribution in [0.2, 0.25) is 5.02 Å². The monoisotopic (exact) mass is 328 g/mol. The minimum absolute atomic E-state index is 0.165. The van der Waals surface area contributed by atoms with Gasteiger partial charge in [-0.3, -0.25) is 9.78 Å². The number of pyridine rings is 1. The number of nitrogens with one attached hydrogen (secondary N) is 1. The van der Waals surface area contributed by atoms with Gasteiger partial charge < -0.3 is 5.32 Å². The van der Waals surface area contributed by atoms with Gasteiger partial charge in [-0.1, -0.05) is 11.6 Å². The Balaban J connectivity index is 2.24. The second kappa shape index (κ2) is 5.46.